The molecule has 1 aliphatic carbocycles. The summed E-state index contributed by atoms with van der Waals surface area (Å²) in [5.74, 6) is 0.492. The molecule has 5 nitrogen and oxygen atoms in total. The minimum atomic E-state index is -0.708. The van der Waals surface area contributed by atoms with Crippen LogP contribution < -0.4 is 5.32 Å². The molecule has 1 heterocycles. The first-order valence-corrected chi connectivity index (χ1v) is 7.07. The average molecular weight is 265 g/mol. The zero-order valence-electron chi connectivity index (χ0n) is 11.7. The standard InChI is InChI=1S/C14H23N3O2/c1-10(18)11-5-6-17(7-11)8-13(19)16-14(2,9-15)12-3-4-12/h10-12,18H,3-8H2,1-2H3,(H,16,19). The van der Waals surface area contributed by atoms with Gasteiger partial charge in [-0.15, -0.1) is 0 Å². The van der Waals surface area contributed by atoms with Gasteiger partial charge in [0.05, 0.1) is 18.7 Å². The number of amides is 1. The Kier molecular flexibility index (Phi) is 4.12. The maximum atomic E-state index is 12.0. The second-order valence-electron chi connectivity index (χ2n) is 6.16. The number of nitrogens with one attached hydrogen (secondary N) is 1. The van der Waals surface area contributed by atoms with E-state index in [2.05, 4.69) is 16.3 Å². The normalized spacial score (nSPS) is 28.4. The molecule has 0 radical (unpaired) electrons. The Morgan fingerprint density at radius 1 is 1.58 bits per heavy atom. The predicted molar refractivity (Wildman–Crippen MR) is 71.1 cm³/mol. The van der Waals surface area contributed by atoms with Crippen LogP contribution in [0, 0.1) is 23.2 Å². The van der Waals surface area contributed by atoms with E-state index in [4.69, 9.17) is 0 Å². The van der Waals surface area contributed by atoms with E-state index in [1.165, 1.54) is 0 Å². The van der Waals surface area contributed by atoms with Gasteiger partial charge in [-0.2, -0.15) is 5.26 Å². The summed E-state index contributed by atoms with van der Waals surface area (Å²) < 4.78 is 0. The van der Waals surface area contributed by atoms with Crippen molar-refractivity contribution in [2.75, 3.05) is 19.6 Å². The summed E-state index contributed by atoms with van der Waals surface area (Å²) in [6.07, 6.45) is 2.67. The number of rotatable bonds is 5. The first kappa shape index (κ1) is 14.3. The summed E-state index contributed by atoms with van der Waals surface area (Å²) in [5, 5.41) is 21.6. The van der Waals surface area contributed by atoms with Gasteiger partial charge in [0.1, 0.15) is 5.54 Å². The largest absolute Gasteiger partial charge is 0.393 e. The second-order valence-corrected chi connectivity index (χ2v) is 6.16. The summed E-state index contributed by atoms with van der Waals surface area (Å²) in [4.78, 5) is 14.1. The number of aliphatic hydroxyl groups excluding tert-OH is 1. The summed E-state index contributed by atoms with van der Waals surface area (Å²) >= 11 is 0. The average Bonchev–Trinajstić information content (AvgIpc) is 3.10. The van der Waals surface area contributed by atoms with E-state index in [0.29, 0.717) is 12.5 Å². The van der Waals surface area contributed by atoms with E-state index in [0.717, 1.165) is 32.4 Å². The van der Waals surface area contributed by atoms with Crippen LogP contribution >= 0.6 is 0 Å². The van der Waals surface area contributed by atoms with Crippen LogP contribution in [0.5, 0.6) is 0 Å². The third kappa shape index (κ3) is 3.46. The smallest absolute Gasteiger partial charge is 0.235 e. The predicted octanol–water partition coefficient (Wildman–Crippen LogP) is 0.498. The van der Waals surface area contributed by atoms with Gasteiger partial charge in [-0.25, -0.2) is 0 Å². The van der Waals surface area contributed by atoms with E-state index < -0.39 is 5.54 Å². The van der Waals surface area contributed by atoms with Crippen molar-refractivity contribution in [2.45, 2.75) is 44.8 Å². The molecule has 19 heavy (non-hydrogen) atoms. The number of hydrogen-bond donors (Lipinski definition) is 2. The molecule has 1 saturated carbocycles. The fraction of sp³-hybridized carbons (Fsp3) is 0.857. The third-order valence-electron chi connectivity index (χ3n) is 4.38. The lowest BCUT2D eigenvalue weighted by atomic mass is 9.98. The monoisotopic (exact) mass is 265 g/mol. The molecule has 0 bridgehead atoms. The molecule has 0 aromatic rings. The lowest BCUT2D eigenvalue weighted by Gasteiger charge is -2.25. The Morgan fingerprint density at radius 2 is 2.26 bits per heavy atom. The molecular formula is C14H23N3O2. The van der Waals surface area contributed by atoms with Crippen LogP contribution in [0.2, 0.25) is 0 Å². The number of carbonyl (C=O) groups is 1. The maximum Gasteiger partial charge on any atom is 0.235 e. The SMILES string of the molecule is CC(O)C1CCN(CC(=O)NC(C)(C#N)C2CC2)C1. The lowest BCUT2D eigenvalue weighted by Crippen LogP contribution is -2.50. The third-order valence-corrected chi connectivity index (χ3v) is 4.38. The van der Waals surface area contributed by atoms with E-state index >= 15 is 0 Å². The minimum Gasteiger partial charge on any atom is -0.393 e. The fourth-order valence-corrected chi connectivity index (χ4v) is 2.81. The van der Waals surface area contributed by atoms with Crippen molar-refractivity contribution < 1.29 is 9.90 Å². The molecule has 0 aromatic heterocycles. The molecule has 0 spiro atoms. The van der Waals surface area contributed by atoms with Crippen LogP contribution in [-0.4, -0.2) is 47.2 Å². The van der Waals surface area contributed by atoms with Crippen LogP contribution in [0.4, 0.5) is 0 Å². The molecule has 5 heteroatoms. The molecule has 1 saturated heterocycles. The molecule has 3 atom stereocenters. The molecule has 2 fully saturated rings. The topological polar surface area (TPSA) is 76.4 Å². The molecule has 2 N–H and O–H groups in total. The Balaban J connectivity index is 1.80. The molecule has 3 unspecified atom stereocenters. The molecule has 0 aromatic carbocycles. The number of nitrogens with zero attached hydrogens (tertiary/aromatic N) is 2. The van der Waals surface area contributed by atoms with Crippen LogP contribution in [-0.2, 0) is 4.79 Å². The van der Waals surface area contributed by atoms with Crippen molar-refractivity contribution in [1.82, 2.24) is 10.2 Å². The molecule has 1 amide bonds. The Bertz CT molecular complexity index is 387. The van der Waals surface area contributed by atoms with Crippen LogP contribution in [0.25, 0.3) is 0 Å². The van der Waals surface area contributed by atoms with Gasteiger partial charge in [0.25, 0.3) is 0 Å². The van der Waals surface area contributed by atoms with Crippen LogP contribution in [0.1, 0.15) is 33.1 Å². The molecular weight excluding hydrogens is 242 g/mol. The highest BCUT2D eigenvalue weighted by Gasteiger charge is 2.43. The van der Waals surface area contributed by atoms with E-state index in [1.807, 2.05) is 6.92 Å². The zero-order valence-corrected chi connectivity index (χ0v) is 11.7. The summed E-state index contributed by atoms with van der Waals surface area (Å²) in [6.45, 7) is 5.54. The Morgan fingerprint density at radius 3 is 2.74 bits per heavy atom. The van der Waals surface area contributed by atoms with Crippen molar-refractivity contribution >= 4 is 5.91 Å². The van der Waals surface area contributed by atoms with Crippen molar-refractivity contribution in [3.8, 4) is 6.07 Å². The van der Waals surface area contributed by atoms with E-state index in [9.17, 15) is 15.2 Å². The highest BCUT2D eigenvalue weighted by Crippen LogP contribution is 2.39. The van der Waals surface area contributed by atoms with Crippen molar-refractivity contribution in [2.24, 2.45) is 11.8 Å². The fourth-order valence-electron chi connectivity index (χ4n) is 2.81. The minimum absolute atomic E-state index is 0.0813. The van der Waals surface area contributed by atoms with Gasteiger partial charge in [-0.05, 0) is 51.5 Å². The van der Waals surface area contributed by atoms with Gasteiger partial charge < -0.3 is 10.4 Å². The number of likely N-dealkylation sites (tertiary alicyclic amines) is 1. The number of carbonyl (C=O) groups excluding carboxylic acids is 1. The van der Waals surface area contributed by atoms with Crippen LogP contribution in [0.15, 0.2) is 0 Å². The van der Waals surface area contributed by atoms with Crippen molar-refractivity contribution in [3.05, 3.63) is 0 Å². The van der Waals surface area contributed by atoms with E-state index in [-0.39, 0.29) is 17.9 Å². The van der Waals surface area contributed by atoms with Crippen molar-refractivity contribution in [3.63, 3.8) is 0 Å². The maximum absolute atomic E-state index is 12.0. The molecule has 2 rings (SSSR count). The van der Waals surface area contributed by atoms with Gasteiger partial charge in [-0.1, -0.05) is 0 Å². The molecule has 2 aliphatic rings. The Labute approximate surface area is 114 Å². The lowest BCUT2D eigenvalue weighted by molar-refractivity contribution is -0.123. The summed E-state index contributed by atoms with van der Waals surface area (Å²) in [7, 11) is 0. The zero-order chi connectivity index (χ0) is 14.0. The van der Waals surface area contributed by atoms with Gasteiger partial charge in [0.15, 0.2) is 0 Å². The van der Waals surface area contributed by atoms with Crippen LogP contribution in [0.3, 0.4) is 0 Å². The highest BCUT2D eigenvalue weighted by molar-refractivity contribution is 5.79. The quantitative estimate of drug-likeness (QED) is 0.759. The first-order chi connectivity index (χ1) is 8.94. The summed E-state index contributed by atoms with van der Waals surface area (Å²) in [5.41, 5.74) is -0.708. The van der Waals surface area contributed by atoms with Gasteiger partial charge >= 0.3 is 0 Å². The number of aliphatic hydroxyl groups is 1. The van der Waals surface area contributed by atoms with Gasteiger partial charge in [-0.3, -0.25) is 9.69 Å². The number of nitriles is 1. The second kappa shape index (κ2) is 5.48. The van der Waals surface area contributed by atoms with E-state index in [1.54, 1.807) is 6.92 Å². The molecule has 1 aliphatic heterocycles. The van der Waals surface area contributed by atoms with Gasteiger partial charge in [0.2, 0.25) is 5.91 Å². The summed E-state index contributed by atoms with van der Waals surface area (Å²) in [6, 6.07) is 2.23. The van der Waals surface area contributed by atoms with Crippen molar-refractivity contribution in [1.29, 1.82) is 5.26 Å². The number of hydrogen-bond acceptors (Lipinski definition) is 4. The highest BCUT2D eigenvalue weighted by atomic mass is 16.3. The molecule has 106 valence electrons. The first-order valence-electron chi connectivity index (χ1n) is 7.07. The Hall–Kier alpha value is -1.12. The van der Waals surface area contributed by atoms with Gasteiger partial charge in [0, 0.05) is 6.54 Å².